The van der Waals surface area contributed by atoms with Crippen molar-refractivity contribution in [2.24, 2.45) is 17.6 Å². The van der Waals surface area contributed by atoms with Crippen LogP contribution in [0.3, 0.4) is 0 Å². The van der Waals surface area contributed by atoms with Crippen LogP contribution in [0.2, 0.25) is 0 Å². The Hall–Kier alpha value is -0.610. The minimum absolute atomic E-state index is 0.336. The summed E-state index contributed by atoms with van der Waals surface area (Å²) in [6, 6.07) is 0. The van der Waals surface area contributed by atoms with E-state index in [1.165, 1.54) is 0 Å². The molecule has 19 heavy (non-hydrogen) atoms. The first kappa shape index (κ1) is 16.4. The molecule has 0 aliphatic carbocycles. The monoisotopic (exact) mass is 269 g/mol. The fourth-order valence-electron chi connectivity index (χ4n) is 2.49. The van der Waals surface area contributed by atoms with Crippen molar-refractivity contribution in [2.75, 3.05) is 39.3 Å². The van der Waals surface area contributed by atoms with Gasteiger partial charge in [-0.25, -0.2) is 0 Å². The maximum atomic E-state index is 12.1. The lowest BCUT2D eigenvalue weighted by molar-refractivity contribution is -0.131. The van der Waals surface area contributed by atoms with Crippen LogP contribution in [-0.4, -0.2) is 55.0 Å². The summed E-state index contributed by atoms with van der Waals surface area (Å²) in [6.45, 7) is 12.2. The molecule has 0 bridgehead atoms. The molecule has 1 heterocycles. The zero-order valence-electron chi connectivity index (χ0n) is 12.9. The first-order chi connectivity index (χ1) is 9.02. The molecular weight excluding hydrogens is 238 g/mol. The van der Waals surface area contributed by atoms with E-state index in [1.54, 1.807) is 0 Å². The third-order valence-electron chi connectivity index (χ3n) is 3.85. The smallest absolute Gasteiger partial charge is 0.222 e. The number of rotatable bonds is 6. The summed E-state index contributed by atoms with van der Waals surface area (Å²) in [5.41, 5.74) is 5.68. The zero-order valence-corrected chi connectivity index (χ0v) is 12.9. The Kier molecular flexibility index (Phi) is 7.39. The molecule has 0 spiro atoms. The predicted octanol–water partition coefficient (Wildman–Crippen LogP) is 1.55. The SMILES string of the molecule is CC(C)CCC(=O)N1CCCN(CC(C)CN)CC1. The van der Waals surface area contributed by atoms with Gasteiger partial charge in [0, 0.05) is 32.6 Å². The highest BCUT2D eigenvalue weighted by Gasteiger charge is 2.19. The van der Waals surface area contributed by atoms with E-state index in [0.29, 0.717) is 24.2 Å². The second-order valence-corrected chi connectivity index (χ2v) is 6.31. The van der Waals surface area contributed by atoms with Crippen LogP contribution in [0.25, 0.3) is 0 Å². The Morgan fingerprint density at radius 3 is 2.53 bits per heavy atom. The molecule has 0 saturated carbocycles. The summed E-state index contributed by atoms with van der Waals surface area (Å²) in [5, 5.41) is 0. The Morgan fingerprint density at radius 1 is 1.16 bits per heavy atom. The highest BCUT2D eigenvalue weighted by molar-refractivity contribution is 5.76. The highest BCUT2D eigenvalue weighted by atomic mass is 16.2. The molecule has 1 amide bonds. The standard InChI is InChI=1S/C15H31N3O/c1-13(2)5-6-15(19)18-8-4-7-17(9-10-18)12-14(3)11-16/h13-14H,4-12,16H2,1-3H3. The van der Waals surface area contributed by atoms with Crippen molar-refractivity contribution in [1.82, 2.24) is 9.80 Å². The number of hydrogen-bond acceptors (Lipinski definition) is 3. The Bertz CT molecular complexity index is 268. The lowest BCUT2D eigenvalue weighted by Gasteiger charge is -2.24. The first-order valence-corrected chi connectivity index (χ1v) is 7.73. The Labute approximate surface area is 118 Å². The van der Waals surface area contributed by atoms with Crippen LogP contribution in [0.1, 0.15) is 40.0 Å². The molecule has 1 saturated heterocycles. The molecule has 0 aromatic heterocycles. The zero-order chi connectivity index (χ0) is 14.3. The normalized spacial score (nSPS) is 19.5. The van der Waals surface area contributed by atoms with Crippen LogP contribution in [0.5, 0.6) is 0 Å². The molecule has 0 aromatic rings. The van der Waals surface area contributed by atoms with E-state index in [-0.39, 0.29) is 0 Å². The Balaban J connectivity index is 2.34. The number of nitrogens with two attached hydrogens (primary N) is 1. The van der Waals surface area contributed by atoms with E-state index in [2.05, 4.69) is 30.6 Å². The lowest BCUT2D eigenvalue weighted by Crippen LogP contribution is -2.37. The lowest BCUT2D eigenvalue weighted by atomic mass is 10.1. The van der Waals surface area contributed by atoms with Gasteiger partial charge in [0.25, 0.3) is 0 Å². The average Bonchev–Trinajstić information content (AvgIpc) is 2.61. The number of hydrogen-bond donors (Lipinski definition) is 1. The van der Waals surface area contributed by atoms with Crippen LogP contribution >= 0.6 is 0 Å². The van der Waals surface area contributed by atoms with Crippen molar-refractivity contribution in [3.63, 3.8) is 0 Å². The number of amides is 1. The van der Waals surface area contributed by atoms with Crippen molar-refractivity contribution in [1.29, 1.82) is 0 Å². The van der Waals surface area contributed by atoms with Gasteiger partial charge in [-0.2, -0.15) is 0 Å². The third-order valence-corrected chi connectivity index (χ3v) is 3.85. The minimum Gasteiger partial charge on any atom is -0.341 e. The number of carbonyl (C=O) groups excluding carboxylic acids is 1. The summed E-state index contributed by atoms with van der Waals surface area (Å²) < 4.78 is 0. The maximum absolute atomic E-state index is 12.1. The van der Waals surface area contributed by atoms with Crippen molar-refractivity contribution >= 4 is 5.91 Å². The van der Waals surface area contributed by atoms with Crippen LogP contribution in [-0.2, 0) is 4.79 Å². The van der Waals surface area contributed by atoms with Gasteiger partial charge in [-0.1, -0.05) is 20.8 Å². The molecule has 1 rings (SSSR count). The molecule has 1 aliphatic rings. The van der Waals surface area contributed by atoms with Crippen LogP contribution in [0, 0.1) is 11.8 Å². The topological polar surface area (TPSA) is 49.6 Å². The molecule has 112 valence electrons. The summed E-state index contributed by atoms with van der Waals surface area (Å²) >= 11 is 0. The average molecular weight is 269 g/mol. The van der Waals surface area contributed by atoms with Gasteiger partial charge >= 0.3 is 0 Å². The van der Waals surface area contributed by atoms with E-state index >= 15 is 0 Å². The molecule has 4 nitrogen and oxygen atoms in total. The largest absolute Gasteiger partial charge is 0.341 e. The fourth-order valence-corrected chi connectivity index (χ4v) is 2.49. The van der Waals surface area contributed by atoms with Crippen LogP contribution in [0.15, 0.2) is 0 Å². The van der Waals surface area contributed by atoms with Crippen LogP contribution < -0.4 is 5.73 Å². The first-order valence-electron chi connectivity index (χ1n) is 7.73. The quantitative estimate of drug-likeness (QED) is 0.796. The molecule has 2 N–H and O–H groups in total. The van der Waals surface area contributed by atoms with E-state index < -0.39 is 0 Å². The van der Waals surface area contributed by atoms with E-state index in [9.17, 15) is 4.79 Å². The molecular formula is C15H31N3O. The third kappa shape index (κ3) is 6.39. The van der Waals surface area contributed by atoms with Crippen molar-refractivity contribution in [3.8, 4) is 0 Å². The summed E-state index contributed by atoms with van der Waals surface area (Å²) in [5.74, 6) is 1.49. The van der Waals surface area contributed by atoms with Crippen molar-refractivity contribution < 1.29 is 4.79 Å². The second-order valence-electron chi connectivity index (χ2n) is 6.31. The second kappa shape index (κ2) is 8.54. The van der Waals surface area contributed by atoms with Crippen molar-refractivity contribution in [2.45, 2.75) is 40.0 Å². The molecule has 0 aromatic carbocycles. The van der Waals surface area contributed by atoms with Gasteiger partial charge in [0.15, 0.2) is 0 Å². The van der Waals surface area contributed by atoms with Gasteiger partial charge in [0.1, 0.15) is 0 Å². The molecule has 1 fully saturated rings. The number of nitrogens with zero attached hydrogens (tertiary/aromatic N) is 2. The highest BCUT2D eigenvalue weighted by Crippen LogP contribution is 2.10. The maximum Gasteiger partial charge on any atom is 0.222 e. The van der Waals surface area contributed by atoms with E-state index in [0.717, 1.165) is 52.1 Å². The van der Waals surface area contributed by atoms with E-state index in [4.69, 9.17) is 5.73 Å². The summed E-state index contributed by atoms with van der Waals surface area (Å²) in [7, 11) is 0. The van der Waals surface area contributed by atoms with Crippen molar-refractivity contribution in [3.05, 3.63) is 0 Å². The van der Waals surface area contributed by atoms with Gasteiger partial charge in [-0.05, 0) is 37.8 Å². The van der Waals surface area contributed by atoms with Gasteiger partial charge in [-0.15, -0.1) is 0 Å². The molecule has 1 atom stereocenters. The summed E-state index contributed by atoms with van der Waals surface area (Å²) in [6.07, 6.45) is 2.80. The summed E-state index contributed by atoms with van der Waals surface area (Å²) in [4.78, 5) is 16.6. The molecule has 1 aliphatic heterocycles. The van der Waals surface area contributed by atoms with E-state index in [1.807, 2.05) is 0 Å². The van der Waals surface area contributed by atoms with Gasteiger partial charge in [0.05, 0.1) is 0 Å². The minimum atomic E-state index is 0.336. The Morgan fingerprint density at radius 2 is 1.89 bits per heavy atom. The molecule has 0 radical (unpaired) electrons. The predicted molar refractivity (Wildman–Crippen MR) is 79.9 cm³/mol. The molecule has 1 unspecified atom stereocenters. The van der Waals surface area contributed by atoms with Gasteiger partial charge in [-0.3, -0.25) is 4.79 Å². The van der Waals surface area contributed by atoms with Crippen LogP contribution in [0.4, 0.5) is 0 Å². The number of carbonyl (C=O) groups is 1. The fraction of sp³-hybridized carbons (Fsp3) is 0.933. The molecule has 4 heteroatoms. The van der Waals surface area contributed by atoms with Gasteiger partial charge < -0.3 is 15.5 Å². The van der Waals surface area contributed by atoms with Gasteiger partial charge in [0.2, 0.25) is 5.91 Å².